The number of piperidine rings is 1. The lowest BCUT2D eigenvalue weighted by Gasteiger charge is -2.32. The van der Waals surface area contributed by atoms with Crippen molar-refractivity contribution in [2.45, 2.75) is 37.8 Å². The number of hydrogen-bond donors (Lipinski definition) is 2. The first-order chi connectivity index (χ1) is 18.7. The van der Waals surface area contributed by atoms with Gasteiger partial charge >= 0.3 is 10.2 Å². The zero-order valence-corrected chi connectivity index (χ0v) is 22.4. The van der Waals surface area contributed by atoms with Crippen LogP contribution in [0.2, 0.25) is 0 Å². The maximum atomic E-state index is 14.8. The molecule has 2 aromatic carbocycles. The summed E-state index contributed by atoms with van der Waals surface area (Å²) in [7, 11) is -2.60. The van der Waals surface area contributed by atoms with Crippen molar-refractivity contribution in [3.63, 3.8) is 0 Å². The minimum absolute atomic E-state index is 0.0951. The SMILES string of the molecule is CCN(C)S(=O)(=O)Nc1ccc(F)c(Oc2ccc3ncn([C@@H]4COC5(CCNCC5)C4)c(=O)c3c2)c1C#N. The van der Waals surface area contributed by atoms with E-state index in [2.05, 4.69) is 15.0 Å². The summed E-state index contributed by atoms with van der Waals surface area (Å²) in [5.74, 6) is -1.23. The van der Waals surface area contributed by atoms with Gasteiger partial charge in [-0.3, -0.25) is 14.1 Å². The largest absolute Gasteiger partial charge is 0.453 e. The number of rotatable bonds is 7. The molecule has 1 spiro atoms. The number of hydrogen-bond acceptors (Lipinski definition) is 8. The highest BCUT2D eigenvalue weighted by atomic mass is 32.2. The summed E-state index contributed by atoms with van der Waals surface area (Å²) in [6.45, 7) is 4.00. The van der Waals surface area contributed by atoms with E-state index in [1.54, 1.807) is 17.6 Å². The lowest BCUT2D eigenvalue weighted by molar-refractivity contribution is -0.0196. The Morgan fingerprint density at radius 1 is 1.33 bits per heavy atom. The molecule has 2 saturated heterocycles. The number of anilines is 1. The van der Waals surface area contributed by atoms with Crippen LogP contribution in [0.5, 0.6) is 11.5 Å². The zero-order valence-electron chi connectivity index (χ0n) is 21.6. The number of ether oxygens (including phenoxy) is 2. The predicted molar refractivity (Wildman–Crippen MR) is 142 cm³/mol. The molecule has 1 atom stereocenters. The summed E-state index contributed by atoms with van der Waals surface area (Å²) in [4.78, 5) is 17.9. The van der Waals surface area contributed by atoms with Crippen molar-refractivity contribution >= 4 is 26.8 Å². The summed E-state index contributed by atoms with van der Waals surface area (Å²) in [5, 5.41) is 13.3. The van der Waals surface area contributed by atoms with Crippen molar-refractivity contribution in [2.24, 2.45) is 0 Å². The molecule has 206 valence electrons. The van der Waals surface area contributed by atoms with Gasteiger partial charge in [-0.15, -0.1) is 0 Å². The van der Waals surface area contributed by atoms with Crippen molar-refractivity contribution in [2.75, 3.05) is 38.0 Å². The van der Waals surface area contributed by atoms with Crippen molar-refractivity contribution in [3.05, 3.63) is 58.4 Å². The summed E-state index contributed by atoms with van der Waals surface area (Å²) >= 11 is 0. The minimum atomic E-state index is -3.97. The van der Waals surface area contributed by atoms with Crippen molar-refractivity contribution < 1.29 is 22.3 Å². The Kier molecular flexibility index (Phi) is 7.30. The Hall–Kier alpha value is -3.57. The predicted octanol–water partition coefficient (Wildman–Crippen LogP) is 2.89. The fourth-order valence-electron chi connectivity index (χ4n) is 5.03. The Morgan fingerprint density at radius 3 is 2.82 bits per heavy atom. The molecule has 13 heteroatoms. The zero-order chi connectivity index (χ0) is 27.8. The van der Waals surface area contributed by atoms with Gasteiger partial charge in [-0.2, -0.15) is 18.0 Å². The highest BCUT2D eigenvalue weighted by Crippen LogP contribution is 2.39. The van der Waals surface area contributed by atoms with E-state index < -0.39 is 21.8 Å². The van der Waals surface area contributed by atoms with E-state index in [1.165, 1.54) is 25.5 Å². The van der Waals surface area contributed by atoms with Crippen LogP contribution in [0.1, 0.15) is 37.8 Å². The first-order valence-corrected chi connectivity index (χ1v) is 14.1. The number of aromatic nitrogens is 2. The van der Waals surface area contributed by atoms with E-state index in [4.69, 9.17) is 9.47 Å². The smallest absolute Gasteiger partial charge is 0.301 e. The molecule has 2 aliphatic rings. The summed E-state index contributed by atoms with van der Waals surface area (Å²) in [5.41, 5.74) is -0.549. The second-order valence-electron chi connectivity index (χ2n) is 9.77. The number of nitrogens with zero attached hydrogens (tertiary/aromatic N) is 4. The second kappa shape index (κ2) is 10.5. The van der Waals surface area contributed by atoms with E-state index >= 15 is 0 Å². The number of nitrogens with one attached hydrogen (secondary N) is 2. The van der Waals surface area contributed by atoms with Crippen LogP contribution < -0.4 is 20.3 Å². The summed E-state index contributed by atoms with van der Waals surface area (Å²) in [6, 6.07) is 8.34. The van der Waals surface area contributed by atoms with Crippen LogP contribution in [0.3, 0.4) is 0 Å². The van der Waals surface area contributed by atoms with Crippen LogP contribution in [-0.4, -0.2) is 61.2 Å². The lowest BCUT2D eigenvalue weighted by atomic mass is 9.88. The normalized spacial score (nSPS) is 18.9. The van der Waals surface area contributed by atoms with Gasteiger partial charge in [0.1, 0.15) is 17.4 Å². The van der Waals surface area contributed by atoms with E-state index in [1.807, 2.05) is 6.07 Å². The molecule has 2 aliphatic heterocycles. The molecular formula is C26H29FN6O5S. The topological polar surface area (TPSA) is 139 Å². The molecule has 0 radical (unpaired) electrons. The van der Waals surface area contributed by atoms with Gasteiger partial charge in [0.05, 0.1) is 41.2 Å². The lowest BCUT2D eigenvalue weighted by Crippen LogP contribution is -2.41. The van der Waals surface area contributed by atoms with Crippen LogP contribution in [0.15, 0.2) is 41.5 Å². The molecule has 11 nitrogen and oxygen atoms in total. The molecule has 0 bridgehead atoms. The van der Waals surface area contributed by atoms with Crippen molar-refractivity contribution in [3.8, 4) is 17.6 Å². The molecule has 2 N–H and O–H groups in total. The van der Waals surface area contributed by atoms with Gasteiger partial charge in [-0.25, -0.2) is 9.37 Å². The Bertz CT molecular complexity index is 1610. The molecule has 5 rings (SSSR count). The van der Waals surface area contributed by atoms with E-state index in [0.29, 0.717) is 18.5 Å². The molecule has 0 aliphatic carbocycles. The highest BCUT2D eigenvalue weighted by molar-refractivity contribution is 7.90. The molecule has 1 aromatic heterocycles. The molecule has 3 aromatic rings. The summed E-state index contributed by atoms with van der Waals surface area (Å²) < 4.78 is 56.6. The first kappa shape index (κ1) is 27.0. The number of benzene rings is 2. The van der Waals surface area contributed by atoms with E-state index in [0.717, 1.165) is 42.4 Å². The highest BCUT2D eigenvalue weighted by Gasteiger charge is 2.42. The monoisotopic (exact) mass is 556 g/mol. The van der Waals surface area contributed by atoms with Gasteiger partial charge in [0.2, 0.25) is 0 Å². The van der Waals surface area contributed by atoms with Gasteiger partial charge in [0, 0.05) is 13.6 Å². The third-order valence-electron chi connectivity index (χ3n) is 7.39. The standard InChI is InChI=1S/C26H29FN6O5S/c1-3-32(2)39(35,36)31-23-7-5-21(27)24(20(23)14-28)38-18-4-6-22-19(12-18)25(34)33(16-30-22)17-13-26(37-15-17)8-10-29-11-9-26/h4-7,12,16-17,29,31H,3,8-11,13,15H2,1-2H3/t17-/m0/s1. The van der Waals surface area contributed by atoms with E-state index in [-0.39, 0.29) is 46.1 Å². The number of fused-ring (bicyclic) bond motifs is 1. The third-order valence-corrected chi connectivity index (χ3v) is 8.94. The molecule has 0 unspecified atom stereocenters. The second-order valence-corrected chi connectivity index (χ2v) is 11.5. The van der Waals surface area contributed by atoms with Crippen molar-refractivity contribution in [1.29, 1.82) is 5.26 Å². The van der Waals surface area contributed by atoms with Gasteiger partial charge in [0.15, 0.2) is 11.6 Å². The Labute approximate surface area is 225 Å². The van der Waals surface area contributed by atoms with Crippen LogP contribution in [0.25, 0.3) is 10.9 Å². The average molecular weight is 557 g/mol. The van der Waals surface area contributed by atoms with Crippen LogP contribution in [-0.2, 0) is 14.9 Å². The fourth-order valence-corrected chi connectivity index (χ4v) is 5.97. The molecular weight excluding hydrogens is 527 g/mol. The Morgan fingerprint density at radius 2 is 2.10 bits per heavy atom. The van der Waals surface area contributed by atoms with Gasteiger partial charge < -0.3 is 14.8 Å². The molecule has 3 heterocycles. The maximum absolute atomic E-state index is 14.8. The summed E-state index contributed by atoms with van der Waals surface area (Å²) in [6.07, 6.45) is 4.00. The van der Waals surface area contributed by atoms with Crippen LogP contribution in [0.4, 0.5) is 10.1 Å². The van der Waals surface area contributed by atoms with Gasteiger partial charge in [-0.1, -0.05) is 6.92 Å². The molecule has 2 fully saturated rings. The van der Waals surface area contributed by atoms with E-state index in [9.17, 15) is 22.9 Å². The average Bonchev–Trinajstić information content (AvgIpc) is 3.33. The quantitative estimate of drug-likeness (QED) is 0.453. The minimum Gasteiger partial charge on any atom is -0.453 e. The Balaban J connectivity index is 1.46. The van der Waals surface area contributed by atoms with Crippen LogP contribution >= 0.6 is 0 Å². The molecule has 39 heavy (non-hydrogen) atoms. The third kappa shape index (κ3) is 5.20. The van der Waals surface area contributed by atoms with Crippen LogP contribution in [0, 0.1) is 17.1 Å². The van der Waals surface area contributed by atoms with Gasteiger partial charge in [0.25, 0.3) is 5.56 Å². The fraction of sp³-hybridized carbons (Fsp3) is 0.423. The molecule has 0 saturated carbocycles. The molecule has 0 amide bonds. The van der Waals surface area contributed by atoms with Crippen molar-refractivity contribution in [1.82, 2.24) is 19.2 Å². The number of nitriles is 1. The maximum Gasteiger partial charge on any atom is 0.301 e. The number of halogens is 1. The first-order valence-electron chi connectivity index (χ1n) is 12.7. The van der Waals surface area contributed by atoms with Gasteiger partial charge in [-0.05, 0) is 62.7 Å².